The summed E-state index contributed by atoms with van der Waals surface area (Å²) in [6.07, 6.45) is 9.87. The lowest BCUT2D eigenvalue weighted by atomic mass is 9.86. The minimum atomic E-state index is -1.91. The number of nitrogens with zero attached hydrogens (tertiary/aromatic N) is 2. The van der Waals surface area contributed by atoms with E-state index in [0.717, 1.165) is 17.2 Å². The van der Waals surface area contributed by atoms with E-state index in [1.54, 1.807) is 17.9 Å². The van der Waals surface area contributed by atoms with Crippen molar-refractivity contribution in [1.29, 1.82) is 0 Å². The number of hydrogen-bond acceptors (Lipinski definition) is 3. The van der Waals surface area contributed by atoms with Gasteiger partial charge >= 0.3 is 0 Å². The Morgan fingerprint density at radius 2 is 1.89 bits per heavy atom. The van der Waals surface area contributed by atoms with E-state index in [2.05, 4.69) is 9.97 Å². The first-order valence-corrected chi connectivity index (χ1v) is 9.02. The minimum absolute atomic E-state index is 0.567. The zero-order valence-corrected chi connectivity index (χ0v) is 12.3. The van der Waals surface area contributed by atoms with Gasteiger partial charge in [0.2, 0.25) is 0 Å². The molecule has 0 unspecified atom stereocenters. The summed E-state index contributed by atoms with van der Waals surface area (Å²) in [5.74, 6) is 1.35. The predicted molar refractivity (Wildman–Crippen MR) is 77.8 cm³/mol. The maximum absolute atomic E-state index is 11.8. The second-order valence-corrected chi connectivity index (χ2v) is 8.38. The van der Waals surface area contributed by atoms with E-state index in [4.69, 9.17) is 0 Å². The van der Waals surface area contributed by atoms with Crippen molar-refractivity contribution in [3.05, 3.63) is 23.3 Å². The lowest BCUT2D eigenvalue weighted by Gasteiger charge is -2.21. The summed E-state index contributed by atoms with van der Waals surface area (Å²) in [5.41, 5.74) is 1.95. The molecule has 3 nitrogen and oxygen atoms in total. The van der Waals surface area contributed by atoms with Crippen LogP contribution >= 0.6 is 0 Å². The van der Waals surface area contributed by atoms with Gasteiger partial charge in [-0.05, 0) is 35.4 Å². The number of rotatable bonds is 2. The topological polar surface area (TPSA) is 42.9 Å². The van der Waals surface area contributed by atoms with Gasteiger partial charge in [0.15, 0.2) is 0 Å². The summed E-state index contributed by atoms with van der Waals surface area (Å²) in [6, 6.07) is 2.02. The van der Waals surface area contributed by atoms with Crippen LogP contribution in [0.2, 0.25) is 0 Å². The molecule has 2 rings (SSSR count). The standard InChI is InChI=1S/C14H22N2OS/c1-11-15-13(10-18(2,3)17)9-14(16-11)12-7-5-4-6-8-12/h9-10,12H,4-8H2,1-3H3. The largest absolute Gasteiger partial charge is 0.268 e. The summed E-state index contributed by atoms with van der Waals surface area (Å²) >= 11 is 0. The Kier molecular flexibility index (Phi) is 4.05. The van der Waals surface area contributed by atoms with Crippen LogP contribution in [0.15, 0.2) is 6.07 Å². The van der Waals surface area contributed by atoms with E-state index in [0.29, 0.717) is 5.92 Å². The highest BCUT2D eigenvalue weighted by molar-refractivity contribution is 8.00. The molecule has 1 saturated carbocycles. The van der Waals surface area contributed by atoms with Crippen molar-refractivity contribution in [1.82, 2.24) is 9.97 Å². The Hall–Kier alpha value is -0.900. The van der Waals surface area contributed by atoms with Gasteiger partial charge in [0.05, 0.1) is 5.69 Å². The Bertz CT molecular complexity index is 531. The molecule has 4 heteroatoms. The molecule has 1 aliphatic carbocycles. The maximum atomic E-state index is 11.8. The highest BCUT2D eigenvalue weighted by atomic mass is 32.2. The number of aromatic nitrogens is 2. The van der Waals surface area contributed by atoms with E-state index < -0.39 is 9.52 Å². The van der Waals surface area contributed by atoms with Gasteiger partial charge in [-0.3, -0.25) is 4.21 Å². The molecule has 1 aromatic rings. The normalized spacial score (nSPS) is 17.7. The highest BCUT2D eigenvalue weighted by Gasteiger charge is 2.17. The van der Waals surface area contributed by atoms with Gasteiger partial charge in [-0.2, -0.15) is 0 Å². The van der Waals surface area contributed by atoms with Crippen molar-refractivity contribution in [2.45, 2.75) is 44.9 Å². The van der Waals surface area contributed by atoms with E-state index in [9.17, 15) is 4.21 Å². The van der Waals surface area contributed by atoms with Crippen LogP contribution in [0.1, 0.15) is 55.2 Å². The lowest BCUT2D eigenvalue weighted by Crippen LogP contribution is -2.10. The Labute approximate surface area is 110 Å². The van der Waals surface area contributed by atoms with Crippen LogP contribution in [-0.2, 0) is 9.52 Å². The van der Waals surface area contributed by atoms with Crippen LogP contribution in [0.3, 0.4) is 0 Å². The summed E-state index contributed by atoms with van der Waals surface area (Å²) in [4.78, 5) is 8.93. The van der Waals surface area contributed by atoms with Gasteiger partial charge in [0, 0.05) is 29.5 Å². The highest BCUT2D eigenvalue weighted by Crippen LogP contribution is 2.31. The summed E-state index contributed by atoms with van der Waals surface area (Å²) < 4.78 is 11.8. The molecule has 0 N–H and O–H groups in total. The third kappa shape index (κ3) is 3.80. The molecule has 100 valence electrons. The molecule has 0 aromatic carbocycles. The van der Waals surface area contributed by atoms with Gasteiger partial charge in [0.25, 0.3) is 0 Å². The van der Waals surface area contributed by atoms with Crippen molar-refractivity contribution in [2.75, 3.05) is 12.5 Å². The summed E-state index contributed by atoms with van der Waals surface area (Å²) in [6.45, 7) is 1.91. The van der Waals surface area contributed by atoms with Gasteiger partial charge in [-0.1, -0.05) is 19.3 Å². The second kappa shape index (κ2) is 5.39. The van der Waals surface area contributed by atoms with E-state index >= 15 is 0 Å². The molecule has 0 amide bonds. The van der Waals surface area contributed by atoms with Crippen LogP contribution in [0.25, 0.3) is 0 Å². The van der Waals surface area contributed by atoms with Gasteiger partial charge in [-0.25, -0.2) is 9.97 Å². The van der Waals surface area contributed by atoms with Crippen LogP contribution in [0, 0.1) is 6.92 Å². The van der Waals surface area contributed by atoms with Crippen LogP contribution in [0.4, 0.5) is 0 Å². The number of aryl methyl sites for hydroxylation is 1. The molecule has 0 aliphatic heterocycles. The van der Waals surface area contributed by atoms with Crippen molar-refractivity contribution < 1.29 is 4.21 Å². The quantitative estimate of drug-likeness (QED) is 0.773. The Morgan fingerprint density at radius 1 is 1.22 bits per heavy atom. The molecule has 1 aliphatic rings. The minimum Gasteiger partial charge on any atom is -0.268 e. The van der Waals surface area contributed by atoms with Crippen molar-refractivity contribution in [2.24, 2.45) is 0 Å². The first kappa shape index (κ1) is 13.5. The predicted octanol–water partition coefficient (Wildman–Crippen LogP) is 2.53. The van der Waals surface area contributed by atoms with Crippen LogP contribution in [0.5, 0.6) is 0 Å². The fourth-order valence-electron chi connectivity index (χ4n) is 2.57. The first-order chi connectivity index (χ1) is 8.44. The molecule has 0 saturated heterocycles. The van der Waals surface area contributed by atoms with Gasteiger partial charge in [-0.15, -0.1) is 0 Å². The molecule has 0 bridgehead atoms. The fraction of sp³-hybridized carbons (Fsp3) is 0.643. The van der Waals surface area contributed by atoms with E-state index in [1.165, 1.54) is 32.1 Å². The van der Waals surface area contributed by atoms with Crippen molar-refractivity contribution in [3.63, 3.8) is 0 Å². The van der Waals surface area contributed by atoms with Gasteiger partial charge < -0.3 is 0 Å². The van der Waals surface area contributed by atoms with Gasteiger partial charge in [0.1, 0.15) is 5.82 Å². The third-order valence-electron chi connectivity index (χ3n) is 3.31. The average molecular weight is 266 g/mol. The average Bonchev–Trinajstić information content (AvgIpc) is 2.27. The lowest BCUT2D eigenvalue weighted by molar-refractivity contribution is 0.435. The molecular weight excluding hydrogens is 244 g/mol. The SMILES string of the molecule is Cc1nc(C=S(C)(C)=O)cc(C2CCCCC2)n1. The van der Waals surface area contributed by atoms with E-state index in [1.807, 2.05) is 13.0 Å². The third-order valence-corrected chi connectivity index (χ3v) is 4.11. The molecule has 1 aromatic heterocycles. The second-order valence-electron chi connectivity index (χ2n) is 5.53. The zero-order chi connectivity index (χ0) is 13.2. The molecule has 0 spiro atoms. The van der Waals surface area contributed by atoms with Crippen LogP contribution in [-0.4, -0.2) is 32.1 Å². The van der Waals surface area contributed by atoms with E-state index in [-0.39, 0.29) is 0 Å². The molecule has 0 atom stereocenters. The van der Waals surface area contributed by atoms with Crippen molar-refractivity contribution in [3.8, 4) is 0 Å². The summed E-state index contributed by atoms with van der Waals surface area (Å²) in [7, 11) is -1.91. The Balaban J connectivity index is 2.34. The first-order valence-electron chi connectivity index (χ1n) is 6.58. The fourth-order valence-corrected chi connectivity index (χ4v) is 3.28. The molecular formula is C14H22N2OS. The smallest absolute Gasteiger partial charge is 0.126 e. The van der Waals surface area contributed by atoms with Crippen molar-refractivity contribution >= 4 is 14.9 Å². The Morgan fingerprint density at radius 3 is 2.50 bits per heavy atom. The number of hydrogen-bond donors (Lipinski definition) is 0. The molecule has 18 heavy (non-hydrogen) atoms. The molecule has 0 radical (unpaired) electrons. The van der Waals surface area contributed by atoms with Crippen LogP contribution < -0.4 is 0 Å². The monoisotopic (exact) mass is 266 g/mol. The zero-order valence-electron chi connectivity index (χ0n) is 11.5. The molecule has 1 heterocycles. The molecule has 1 fully saturated rings. The maximum Gasteiger partial charge on any atom is 0.126 e. The summed E-state index contributed by atoms with van der Waals surface area (Å²) in [5, 5.41) is 1.77.